The molecule has 2 aromatic carbocycles. The SMILES string of the molecule is Fc1ccc(NCc2cc3c(cc2Br)OCO3)cc1F. The number of nitrogens with one attached hydrogen (secondary N) is 1. The topological polar surface area (TPSA) is 30.5 Å². The lowest BCUT2D eigenvalue weighted by atomic mass is 10.2. The van der Waals surface area contributed by atoms with Crippen molar-refractivity contribution in [1.29, 1.82) is 0 Å². The third-order valence-electron chi connectivity index (χ3n) is 2.94. The zero-order valence-electron chi connectivity index (χ0n) is 10.3. The first-order chi connectivity index (χ1) is 9.63. The van der Waals surface area contributed by atoms with Crippen LogP contribution in [0.1, 0.15) is 5.56 Å². The van der Waals surface area contributed by atoms with Crippen molar-refractivity contribution in [2.45, 2.75) is 6.54 Å². The van der Waals surface area contributed by atoms with Crippen LogP contribution in [0.15, 0.2) is 34.8 Å². The average Bonchev–Trinajstić information content (AvgIpc) is 2.87. The summed E-state index contributed by atoms with van der Waals surface area (Å²) >= 11 is 3.44. The number of hydrogen-bond acceptors (Lipinski definition) is 3. The molecular weight excluding hydrogens is 332 g/mol. The van der Waals surface area contributed by atoms with Crippen LogP contribution in [0.3, 0.4) is 0 Å². The van der Waals surface area contributed by atoms with Gasteiger partial charge in [-0.3, -0.25) is 0 Å². The fraction of sp³-hybridized carbons (Fsp3) is 0.143. The number of hydrogen-bond donors (Lipinski definition) is 1. The molecule has 0 aliphatic carbocycles. The van der Waals surface area contributed by atoms with Crippen molar-refractivity contribution in [2.24, 2.45) is 0 Å². The van der Waals surface area contributed by atoms with E-state index in [9.17, 15) is 8.78 Å². The van der Waals surface area contributed by atoms with Crippen LogP contribution < -0.4 is 14.8 Å². The quantitative estimate of drug-likeness (QED) is 0.912. The molecule has 0 amide bonds. The highest BCUT2D eigenvalue weighted by molar-refractivity contribution is 9.10. The van der Waals surface area contributed by atoms with Gasteiger partial charge in [-0.15, -0.1) is 0 Å². The van der Waals surface area contributed by atoms with E-state index in [1.807, 2.05) is 12.1 Å². The molecule has 0 unspecified atom stereocenters. The molecule has 1 N–H and O–H groups in total. The first kappa shape index (κ1) is 13.2. The van der Waals surface area contributed by atoms with Crippen LogP contribution in [0.4, 0.5) is 14.5 Å². The predicted molar refractivity (Wildman–Crippen MR) is 73.9 cm³/mol. The Balaban J connectivity index is 1.76. The average molecular weight is 342 g/mol. The van der Waals surface area contributed by atoms with Gasteiger partial charge in [0.15, 0.2) is 23.1 Å². The van der Waals surface area contributed by atoms with Crippen LogP contribution in [0.25, 0.3) is 0 Å². The van der Waals surface area contributed by atoms with Crippen LogP contribution in [0, 0.1) is 11.6 Å². The van der Waals surface area contributed by atoms with Crippen LogP contribution in [-0.2, 0) is 6.54 Å². The second kappa shape index (κ2) is 5.28. The highest BCUT2D eigenvalue weighted by Crippen LogP contribution is 2.37. The molecule has 0 atom stereocenters. The summed E-state index contributed by atoms with van der Waals surface area (Å²) in [5, 5.41) is 3.03. The molecule has 6 heteroatoms. The first-order valence-corrected chi connectivity index (χ1v) is 6.70. The molecule has 3 nitrogen and oxygen atoms in total. The maximum absolute atomic E-state index is 13.1. The van der Waals surface area contributed by atoms with Crippen molar-refractivity contribution < 1.29 is 18.3 Å². The fourth-order valence-electron chi connectivity index (χ4n) is 1.90. The van der Waals surface area contributed by atoms with E-state index < -0.39 is 11.6 Å². The van der Waals surface area contributed by atoms with E-state index in [2.05, 4.69) is 21.2 Å². The molecule has 3 rings (SSSR count). The molecular formula is C14H10BrF2NO2. The van der Waals surface area contributed by atoms with Gasteiger partial charge in [0.05, 0.1) is 0 Å². The van der Waals surface area contributed by atoms with Crippen molar-refractivity contribution in [1.82, 2.24) is 0 Å². The maximum atomic E-state index is 13.1. The molecule has 1 aliphatic rings. The van der Waals surface area contributed by atoms with E-state index >= 15 is 0 Å². The summed E-state index contributed by atoms with van der Waals surface area (Å²) in [7, 11) is 0. The Morgan fingerprint density at radius 2 is 1.80 bits per heavy atom. The predicted octanol–water partition coefficient (Wildman–Crippen LogP) is 4.07. The molecule has 0 saturated heterocycles. The zero-order valence-corrected chi connectivity index (χ0v) is 11.8. The van der Waals surface area contributed by atoms with Gasteiger partial charge in [0, 0.05) is 22.8 Å². The van der Waals surface area contributed by atoms with Gasteiger partial charge in [-0.1, -0.05) is 15.9 Å². The molecule has 104 valence electrons. The second-order valence-corrected chi connectivity index (χ2v) is 5.13. The van der Waals surface area contributed by atoms with Gasteiger partial charge < -0.3 is 14.8 Å². The minimum absolute atomic E-state index is 0.210. The Morgan fingerprint density at radius 3 is 2.55 bits per heavy atom. The second-order valence-electron chi connectivity index (χ2n) is 4.28. The monoisotopic (exact) mass is 341 g/mol. The lowest BCUT2D eigenvalue weighted by Gasteiger charge is -2.09. The molecule has 1 aliphatic heterocycles. The fourth-order valence-corrected chi connectivity index (χ4v) is 2.36. The molecule has 0 bridgehead atoms. The normalized spacial score (nSPS) is 12.6. The van der Waals surface area contributed by atoms with Crippen molar-refractivity contribution in [3.63, 3.8) is 0 Å². The summed E-state index contributed by atoms with van der Waals surface area (Å²) < 4.78 is 37.4. The standard InChI is InChI=1S/C14H10BrF2NO2/c15-10-5-14-13(19-7-20-14)3-8(10)6-18-9-1-2-11(16)12(17)4-9/h1-5,18H,6-7H2. The summed E-state index contributed by atoms with van der Waals surface area (Å²) in [6, 6.07) is 7.37. The van der Waals surface area contributed by atoms with E-state index in [0.29, 0.717) is 23.7 Å². The Morgan fingerprint density at radius 1 is 1.05 bits per heavy atom. The molecule has 0 spiro atoms. The van der Waals surface area contributed by atoms with Gasteiger partial charge in [0.25, 0.3) is 0 Å². The molecule has 20 heavy (non-hydrogen) atoms. The molecule has 0 fully saturated rings. The van der Waals surface area contributed by atoms with E-state index in [4.69, 9.17) is 9.47 Å². The molecule has 0 radical (unpaired) electrons. The van der Waals surface area contributed by atoms with Crippen molar-refractivity contribution in [3.8, 4) is 11.5 Å². The highest BCUT2D eigenvalue weighted by atomic mass is 79.9. The van der Waals surface area contributed by atoms with Crippen molar-refractivity contribution in [3.05, 3.63) is 52.0 Å². The van der Waals surface area contributed by atoms with Gasteiger partial charge in [0.2, 0.25) is 6.79 Å². The Bertz CT molecular complexity index is 664. The number of benzene rings is 2. The summed E-state index contributed by atoms with van der Waals surface area (Å²) in [6.07, 6.45) is 0. The van der Waals surface area contributed by atoms with E-state index in [0.717, 1.165) is 22.2 Å². The number of fused-ring (bicyclic) bond motifs is 1. The third kappa shape index (κ3) is 2.56. The summed E-state index contributed by atoms with van der Waals surface area (Å²) in [5.74, 6) is -0.372. The minimum Gasteiger partial charge on any atom is -0.454 e. The summed E-state index contributed by atoms with van der Waals surface area (Å²) in [6.45, 7) is 0.657. The Hall–Kier alpha value is -1.82. The molecule has 1 heterocycles. The van der Waals surface area contributed by atoms with Gasteiger partial charge in [0.1, 0.15) is 0 Å². The molecule has 2 aromatic rings. The van der Waals surface area contributed by atoms with Crippen LogP contribution >= 0.6 is 15.9 Å². The number of rotatable bonds is 3. The number of anilines is 1. The summed E-state index contributed by atoms with van der Waals surface area (Å²) in [4.78, 5) is 0. The van der Waals surface area contributed by atoms with E-state index in [1.54, 1.807) is 0 Å². The smallest absolute Gasteiger partial charge is 0.231 e. The maximum Gasteiger partial charge on any atom is 0.231 e. The first-order valence-electron chi connectivity index (χ1n) is 5.90. The lowest BCUT2D eigenvalue weighted by Crippen LogP contribution is -2.01. The van der Waals surface area contributed by atoms with E-state index in [-0.39, 0.29) is 6.79 Å². The van der Waals surface area contributed by atoms with Crippen LogP contribution in [0.2, 0.25) is 0 Å². The van der Waals surface area contributed by atoms with Crippen LogP contribution in [-0.4, -0.2) is 6.79 Å². The van der Waals surface area contributed by atoms with Crippen molar-refractivity contribution in [2.75, 3.05) is 12.1 Å². The highest BCUT2D eigenvalue weighted by Gasteiger charge is 2.16. The third-order valence-corrected chi connectivity index (χ3v) is 3.68. The van der Waals surface area contributed by atoms with Crippen molar-refractivity contribution >= 4 is 21.6 Å². The van der Waals surface area contributed by atoms with Gasteiger partial charge in [-0.25, -0.2) is 8.78 Å². The number of ether oxygens (including phenoxy) is 2. The molecule has 0 aromatic heterocycles. The zero-order chi connectivity index (χ0) is 14.1. The number of halogens is 3. The Labute approximate surface area is 122 Å². The Kier molecular flexibility index (Phi) is 3.48. The minimum atomic E-state index is -0.875. The van der Waals surface area contributed by atoms with Gasteiger partial charge >= 0.3 is 0 Å². The van der Waals surface area contributed by atoms with Gasteiger partial charge in [-0.05, 0) is 29.8 Å². The lowest BCUT2D eigenvalue weighted by molar-refractivity contribution is 0.174. The largest absolute Gasteiger partial charge is 0.454 e. The van der Waals surface area contributed by atoms with Crippen LogP contribution in [0.5, 0.6) is 11.5 Å². The van der Waals surface area contributed by atoms with E-state index in [1.165, 1.54) is 6.07 Å². The molecule has 0 saturated carbocycles. The van der Waals surface area contributed by atoms with Gasteiger partial charge in [-0.2, -0.15) is 0 Å². The summed E-state index contributed by atoms with van der Waals surface area (Å²) in [5.41, 5.74) is 1.44.